The van der Waals surface area contributed by atoms with E-state index in [1.807, 2.05) is 13.0 Å². The molecular weight excluding hydrogens is 381 g/mol. The third-order valence-corrected chi connectivity index (χ3v) is 3.80. The predicted octanol–water partition coefficient (Wildman–Crippen LogP) is 5.44. The number of nitrogens with zero attached hydrogens (tertiary/aromatic N) is 2. The van der Waals surface area contributed by atoms with Crippen LogP contribution in [0.15, 0.2) is 42.5 Å². The van der Waals surface area contributed by atoms with Crippen LogP contribution in [0.1, 0.15) is 30.9 Å². The normalized spacial score (nSPS) is 11.0. The van der Waals surface area contributed by atoms with E-state index < -0.39 is 6.36 Å². The summed E-state index contributed by atoms with van der Waals surface area (Å²) in [7, 11) is 0. The average Bonchev–Trinajstić information content (AvgIpc) is 2.59. The number of amides is 1. The number of ether oxygens (including phenoxy) is 1. The van der Waals surface area contributed by atoms with Gasteiger partial charge in [-0.1, -0.05) is 30.7 Å². The molecule has 0 fully saturated rings. The lowest BCUT2D eigenvalue weighted by Gasteiger charge is -2.23. The quantitative estimate of drug-likeness (QED) is 0.653. The van der Waals surface area contributed by atoms with E-state index in [-0.39, 0.29) is 24.6 Å². The number of nitriles is 1. The van der Waals surface area contributed by atoms with Gasteiger partial charge in [-0.25, -0.2) is 0 Å². The van der Waals surface area contributed by atoms with Crippen LogP contribution in [0, 0.1) is 11.3 Å². The Labute approximate surface area is 159 Å². The van der Waals surface area contributed by atoms with Gasteiger partial charge < -0.3 is 9.64 Å². The zero-order valence-electron chi connectivity index (χ0n) is 14.4. The smallest absolute Gasteiger partial charge is 0.406 e. The summed E-state index contributed by atoms with van der Waals surface area (Å²) in [6, 6.07) is 11.8. The highest BCUT2D eigenvalue weighted by atomic mass is 35.5. The van der Waals surface area contributed by atoms with Crippen molar-refractivity contribution in [1.29, 1.82) is 5.26 Å². The number of hydrogen-bond acceptors (Lipinski definition) is 3. The summed E-state index contributed by atoms with van der Waals surface area (Å²) in [6.07, 6.45) is -3.86. The monoisotopic (exact) mass is 396 g/mol. The van der Waals surface area contributed by atoms with Crippen LogP contribution in [-0.2, 0) is 11.3 Å². The molecule has 1 amide bonds. The molecule has 27 heavy (non-hydrogen) atoms. The van der Waals surface area contributed by atoms with E-state index in [2.05, 4.69) is 4.74 Å². The van der Waals surface area contributed by atoms with Gasteiger partial charge in [0.15, 0.2) is 0 Å². The maximum atomic E-state index is 12.5. The highest BCUT2D eigenvalue weighted by molar-refractivity contribution is 6.31. The van der Waals surface area contributed by atoms with Crippen molar-refractivity contribution in [2.24, 2.45) is 0 Å². The molecule has 0 aliphatic carbocycles. The molecule has 0 bridgehead atoms. The molecule has 0 atom stereocenters. The Morgan fingerprint density at radius 3 is 2.44 bits per heavy atom. The zero-order valence-corrected chi connectivity index (χ0v) is 15.1. The Bertz CT molecular complexity index is 846. The van der Waals surface area contributed by atoms with Crippen LogP contribution in [0.5, 0.6) is 5.75 Å². The van der Waals surface area contributed by atoms with Crippen molar-refractivity contribution < 1.29 is 22.7 Å². The van der Waals surface area contributed by atoms with Crippen molar-refractivity contribution in [3.8, 4) is 11.8 Å². The van der Waals surface area contributed by atoms with Crippen molar-refractivity contribution in [2.75, 3.05) is 4.90 Å². The summed E-state index contributed by atoms with van der Waals surface area (Å²) < 4.78 is 40.6. The van der Waals surface area contributed by atoms with E-state index in [4.69, 9.17) is 16.9 Å². The summed E-state index contributed by atoms with van der Waals surface area (Å²) >= 11 is 6.03. The first-order chi connectivity index (χ1) is 12.7. The van der Waals surface area contributed by atoms with Crippen LogP contribution in [0.4, 0.5) is 18.9 Å². The van der Waals surface area contributed by atoms with Gasteiger partial charge in [0.05, 0.1) is 18.2 Å². The van der Waals surface area contributed by atoms with Gasteiger partial charge >= 0.3 is 6.36 Å². The average molecular weight is 397 g/mol. The maximum Gasteiger partial charge on any atom is 0.573 e. The minimum absolute atomic E-state index is 0.121. The van der Waals surface area contributed by atoms with Gasteiger partial charge in [0.2, 0.25) is 5.91 Å². The zero-order chi connectivity index (χ0) is 20.0. The van der Waals surface area contributed by atoms with Gasteiger partial charge in [0.1, 0.15) is 5.75 Å². The largest absolute Gasteiger partial charge is 0.573 e. The molecule has 0 spiro atoms. The van der Waals surface area contributed by atoms with E-state index in [9.17, 15) is 18.0 Å². The van der Waals surface area contributed by atoms with Crippen LogP contribution in [0.2, 0.25) is 5.02 Å². The number of carbonyl (C=O) groups excluding carboxylic acids is 1. The molecule has 0 aromatic heterocycles. The minimum Gasteiger partial charge on any atom is -0.406 e. The number of rotatable bonds is 6. The molecule has 0 N–H and O–H groups in total. The lowest BCUT2D eigenvalue weighted by Crippen LogP contribution is -2.30. The van der Waals surface area contributed by atoms with Crippen LogP contribution < -0.4 is 9.64 Å². The Kier molecular flexibility index (Phi) is 6.70. The van der Waals surface area contributed by atoms with Crippen molar-refractivity contribution >= 4 is 23.2 Å². The molecule has 8 heteroatoms. The highest BCUT2D eigenvalue weighted by Crippen LogP contribution is 2.27. The number of halogens is 4. The molecule has 0 saturated carbocycles. The lowest BCUT2D eigenvalue weighted by molar-refractivity contribution is -0.274. The van der Waals surface area contributed by atoms with Gasteiger partial charge in [-0.15, -0.1) is 13.2 Å². The molecule has 2 aromatic rings. The first kappa shape index (κ1) is 20.6. The standard InChI is InChI=1S/C19H16ClF3N2O2/c1-2-3-18(26)25(16-9-14(11-24)8-15(20)10-16)12-13-4-6-17(7-5-13)27-19(21,22)23/h4-10H,2-3,12H2,1H3. The molecule has 0 saturated heterocycles. The molecule has 0 heterocycles. The topological polar surface area (TPSA) is 53.3 Å². The van der Waals surface area contributed by atoms with Gasteiger partial charge in [0.25, 0.3) is 0 Å². The highest BCUT2D eigenvalue weighted by Gasteiger charge is 2.31. The second-order valence-corrected chi connectivity index (χ2v) is 6.17. The summed E-state index contributed by atoms with van der Waals surface area (Å²) in [5, 5.41) is 9.42. The Morgan fingerprint density at radius 1 is 1.22 bits per heavy atom. The van der Waals surface area contributed by atoms with E-state index >= 15 is 0 Å². The minimum atomic E-state index is -4.76. The second-order valence-electron chi connectivity index (χ2n) is 5.73. The molecule has 0 aliphatic rings. The SMILES string of the molecule is CCCC(=O)N(Cc1ccc(OC(F)(F)F)cc1)c1cc(Cl)cc(C#N)c1. The maximum absolute atomic E-state index is 12.5. The van der Waals surface area contributed by atoms with Crippen LogP contribution >= 0.6 is 11.6 Å². The lowest BCUT2D eigenvalue weighted by atomic mass is 10.1. The van der Waals surface area contributed by atoms with Gasteiger partial charge in [-0.3, -0.25) is 4.79 Å². The van der Waals surface area contributed by atoms with Crippen molar-refractivity contribution in [3.05, 3.63) is 58.6 Å². The van der Waals surface area contributed by atoms with Crippen LogP contribution in [0.25, 0.3) is 0 Å². The Hall–Kier alpha value is -2.72. The summed E-state index contributed by atoms with van der Waals surface area (Å²) in [4.78, 5) is 14.0. The number of carbonyl (C=O) groups is 1. The first-order valence-electron chi connectivity index (χ1n) is 8.07. The fourth-order valence-corrected chi connectivity index (χ4v) is 2.68. The fraction of sp³-hybridized carbons (Fsp3) is 0.263. The molecule has 2 rings (SSSR count). The van der Waals surface area contributed by atoms with E-state index in [1.165, 1.54) is 35.2 Å². The molecular formula is C19H16ClF3N2O2. The fourth-order valence-electron chi connectivity index (χ4n) is 2.45. The molecule has 0 unspecified atom stereocenters. The van der Waals surface area contributed by atoms with Crippen molar-refractivity contribution in [2.45, 2.75) is 32.7 Å². The van der Waals surface area contributed by atoms with E-state index in [1.54, 1.807) is 12.1 Å². The third-order valence-electron chi connectivity index (χ3n) is 3.59. The van der Waals surface area contributed by atoms with Crippen LogP contribution in [0.3, 0.4) is 0 Å². The number of alkyl halides is 3. The third kappa shape index (κ3) is 6.19. The summed E-state index contributed by atoms with van der Waals surface area (Å²) in [6.45, 7) is 1.98. The predicted molar refractivity (Wildman–Crippen MR) is 95.4 cm³/mol. The Morgan fingerprint density at radius 2 is 1.89 bits per heavy atom. The second kappa shape index (κ2) is 8.78. The van der Waals surface area contributed by atoms with E-state index in [0.29, 0.717) is 28.3 Å². The van der Waals surface area contributed by atoms with Crippen molar-refractivity contribution in [1.82, 2.24) is 0 Å². The van der Waals surface area contributed by atoms with Gasteiger partial charge in [-0.05, 0) is 42.3 Å². The molecule has 4 nitrogen and oxygen atoms in total. The summed E-state index contributed by atoms with van der Waals surface area (Å²) in [5.74, 6) is -0.522. The van der Waals surface area contributed by atoms with E-state index in [0.717, 1.165) is 0 Å². The summed E-state index contributed by atoms with van der Waals surface area (Å²) in [5.41, 5.74) is 1.36. The molecule has 0 aliphatic heterocycles. The number of benzene rings is 2. The van der Waals surface area contributed by atoms with Crippen LogP contribution in [-0.4, -0.2) is 12.3 Å². The Balaban J connectivity index is 2.29. The van der Waals surface area contributed by atoms with Crippen molar-refractivity contribution in [3.63, 3.8) is 0 Å². The molecule has 2 aromatic carbocycles. The number of hydrogen-bond donors (Lipinski definition) is 0. The van der Waals surface area contributed by atoms with Gasteiger partial charge in [0, 0.05) is 17.1 Å². The molecule has 142 valence electrons. The van der Waals surface area contributed by atoms with Gasteiger partial charge in [-0.2, -0.15) is 5.26 Å². The number of anilines is 1. The molecule has 0 radical (unpaired) electrons. The first-order valence-corrected chi connectivity index (χ1v) is 8.45.